The fraction of sp³-hybridized carbons (Fsp3) is 0.533. The lowest BCUT2D eigenvalue weighted by Crippen LogP contribution is -2.38. The summed E-state index contributed by atoms with van der Waals surface area (Å²) in [7, 11) is 0. The maximum absolute atomic E-state index is 11.3. The highest BCUT2D eigenvalue weighted by Gasteiger charge is 2.24. The monoisotopic (exact) mass is 257 g/mol. The summed E-state index contributed by atoms with van der Waals surface area (Å²) in [6, 6.07) is 6.62. The molecule has 2 rings (SSSR count). The molecular weight excluding hydrogens is 238 g/mol. The molecule has 1 aliphatic rings. The smallest absolute Gasteiger partial charge is 0.133 e. The Morgan fingerprint density at radius 1 is 1.42 bits per heavy atom. The van der Waals surface area contributed by atoms with Crippen LogP contribution < -0.4 is 0 Å². The minimum absolute atomic E-state index is 0.373. The summed E-state index contributed by atoms with van der Waals surface area (Å²) in [5.74, 6) is 0.373. The van der Waals surface area contributed by atoms with Gasteiger partial charge in [-0.2, -0.15) is 5.26 Å². The van der Waals surface area contributed by atoms with Gasteiger partial charge in [0.15, 0.2) is 0 Å². The number of hydrogen-bond donors (Lipinski definition) is 0. The van der Waals surface area contributed by atoms with Gasteiger partial charge in [-0.25, -0.2) is 0 Å². The third-order valence-corrected chi connectivity index (χ3v) is 3.65. The van der Waals surface area contributed by atoms with Crippen molar-refractivity contribution >= 4 is 5.78 Å². The summed E-state index contributed by atoms with van der Waals surface area (Å²) in [5.41, 5.74) is 1.16. The van der Waals surface area contributed by atoms with E-state index in [-0.39, 0.29) is 0 Å². The maximum atomic E-state index is 11.3. The van der Waals surface area contributed by atoms with Gasteiger partial charge in [0.05, 0.1) is 6.07 Å². The molecule has 1 fully saturated rings. The minimum atomic E-state index is 0.373. The van der Waals surface area contributed by atoms with E-state index in [0.29, 0.717) is 31.1 Å². The van der Waals surface area contributed by atoms with E-state index in [1.807, 2.05) is 12.3 Å². The van der Waals surface area contributed by atoms with Gasteiger partial charge in [0.1, 0.15) is 5.78 Å². The van der Waals surface area contributed by atoms with Gasteiger partial charge < -0.3 is 0 Å². The Balaban J connectivity index is 1.99. The first-order chi connectivity index (χ1) is 9.29. The average molecular weight is 257 g/mol. The van der Waals surface area contributed by atoms with Crippen LogP contribution in [0.2, 0.25) is 0 Å². The third-order valence-electron chi connectivity index (χ3n) is 3.65. The van der Waals surface area contributed by atoms with Crippen molar-refractivity contribution in [3.63, 3.8) is 0 Å². The number of rotatable bonds is 5. The normalized spacial score (nSPS) is 16.5. The second-order valence-corrected chi connectivity index (χ2v) is 5.01. The first kappa shape index (κ1) is 13.7. The predicted molar refractivity (Wildman–Crippen MR) is 72.1 cm³/mol. The Bertz CT molecular complexity index is 442. The maximum Gasteiger partial charge on any atom is 0.133 e. The van der Waals surface area contributed by atoms with E-state index in [2.05, 4.69) is 22.0 Å². The number of nitriles is 1. The molecule has 1 saturated carbocycles. The molecule has 1 heterocycles. The Morgan fingerprint density at radius 2 is 2.21 bits per heavy atom. The number of carbonyl (C=O) groups excluding carboxylic acids is 1. The summed E-state index contributed by atoms with van der Waals surface area (Å²) in [6.45, 7) is 1.58. The number of ketones is 1. The molecule has 0 aliphatic heterocycles. The molecule has 0 N–H and O–H groups in total. The highest BCUT2D eigenvalue weighted by Crippen LogP contribution is 2.22. The van der Waals surface area contributed by atoms with Crippen LogP contribution in [0.15, 0.2) is 24.5 Å². The molecule has 4 heteroatoms. The van der Waals surface area contributed by atoms with Crippen molar-refractivity contribution in [2.24, 2.45) is 0 Å². The van der Waals surface area contributed by atoms with E-state index in [4.69, 9.17) is 5.26 Å². The molecule has 0 bridgehead atoms. The van der Waals surface area contributed by atoms with Gasteiger partial charge in [-0.15, -0.1) is 0 Å². The van der Waals surface area contributed by atoms with Crippen molar-refractivity contribution in [1.29, 1.82) is 5.26 Å². The van der Waals surface area contributed by atoms with E-state index >= 15 is 0 Å². The fourth-order valence-corrected chi connectivity index (χ4v) is 2.60. The zero-order valence-electron chi connectivity index (χ0n) is 11.1. The van der Waals surface area contributed by atoms with Gasteiger partial charge in [0.25, 0.3) is 0 Å². The lowest BCUT2D eigenvalue weighted by Gasteiger charge is -2.33. The second-order valence-electron chi connectivity index (χ2n) is 5.01. The van der Waals surface area contributed by atoms with E-state index in [9.17, 15) is 4.79 Å². The number of hydrogen-bond acceptors (Lipinski definition) is 4. The second kappa shape index (κ2) is 7.01. The molecule has 0 saturated heterocycles. The highest BCUT2D eigenvalue weighted by atomic mass is 16.1. The van der Waals surface area contributed by atoms with Gasteiger partial charge in [0, 0.05) is 50.8 Å². The van der Waals surface area contributed by atoms with Crippen LogP contribution in [0.4, 0.5) is 0 Å². The standard InChI is InChI=1S/C15H19N3O/c16-8-2-10-18(12-13-3-1-9-17-11-13)14-4-6-15(19)7-5-14/h1,3,9,11,14H,2,4-7,10,12H2. The van der Waals surface area contributed by atoms with Crippen LogP contribution >= 0.6 is 0 Å². The van der Waals surface area contributed by atoms with Crippen LogP contribution in [0.25, 0.3) is 0 Å². The van der Waals surface area contributed by atoms with Gasteiger partial charge in [-0.1, -0.05) is 6.07 Å². The van der Waals surface area contributed by atoms with Crippen molar-refractivity contribution < 1.29 is 4.79 Å². The van der Waals surface area contributed by atoms with E-state index in [1.54, 1.807) is 6.20 Å². The van der Waals surface area contributed by atoms with E-state index < -0.39 is 0 Å². The van der Waals surface area contributed by atoms with E-state index in [1.165, 1.54) is 0 Å². The Hall–Kier alpha value is -1.73. The van der Waals surface area contributed by atoms with Crippen LogP contribution in [-0.4, -0.2) is 28.3 Å². The number of aromatic nitrogens is 1. The summed E-state index contributed by atoms with van der Waals surface area (Å²) in [6.07, 6.45) is 7.37. The van der Waals surface area contributed by atoms with Gasteiger partial charge in [0.2, 0.25) is 0 Å². The summed E-state index contributed by atoms with van der Waals surface area (Å²) >= 11 is 0. The topological polar surface area (TPSA) is 57.0 Å². The van der Waals surface area contributed by atoms with Crippen LogP contribution in [0, 0.1) is 11.3 Å². The number of nitrogens with zero attached hydrogens (tertiary/aromatic N) is 3. The molecule has 0 aromatic carbocycles. The molecule has 0 spiro atoms. The first-order valence-electron chi connectivity index (χ1n) is 6.81. The molecule has 19 heavy (non-hydrogen) atoms. The van der Waals surface area contributed by atoms with Crippen molar-refractivity contribution in [2.45, 2.75) is 44.7 Å². The highest BCUT2D eigenvalue weighted by molar-refractivity contribution is 5.79. The van der Waals surface area contributed by atoms with E-state index in [0.717, 1.165) is 31.5 Å². The Kier molecular flexibility index (Phi) is 5.05. The van der Waals surface area contributed by atoms with Gasteiger partial charge in [-0.05, 0) is 24.5 Å². The molecular formula is C15H19N3O. The lowest BCUT2D eigenvalue weighted by atomic mass is 9.92. The molecule has 1 aliphatic carbocycles. The number of carbonyl (C=O) groups is 1. The first-order valence-corrected chi connectivity index (χ1v) is 6.81. The molecule has 1 aromatic rings. The molecule has 0 radical (unpaired) electrons. The minimum Gasteiger partial charge on any atom is -0.300 e. The van der Waals surface area contributed by atoms with Crippen LogP contribution in [-0.2, 0) is 11.3 Å². The van der Waals surface area contributed by atoms with Crippen LogP contribution in [0.1, 0.15) is 37.7 Å². The van der Waals surface area contributed by atoms with Crippen molar-refractivity contribution in [3.8, 4) is 6.07 Å². The average Bonchev–Trinajstić information content (AvgIpc) is 2.45. The fourth-order valence-electron chi connectivity index (χ4n) is 2.60. The quantitative estimate of drug-likeness (QED) is 0.812. The summed E-state index contributed by atoms with van der Waals surface area (Å²) in [5, 5.41) is 8.78. The Labute approximate surface area is 114 Å². The zero-order chi connectivity index (χ0) is 13.5. The molecule has 0 amide bonds. The SMILES string of the molecule is N#CCCN(Cc1cccnc1)C1CCC(=O)CC1. The van der Waals surface area contributed by atoms with Crippen molar-refractivity contribution in [1.82, 2.24) is 9.88 Å². The zero-order valence-corrected chi connectivity index (χ0v) is 11.1. The molecule has 1 aromatic heterocycles. The Morgan fingerprint density at radius 3 is 2.84 bits per heavy atom. The molecule has 0 atom stereocenters. The third kappa shape index (κ3) is 4.15. The van der Waals surface area contributed by atoms with Crippen molar-refractivity contribution in [2.75, 3.05) is 6.54 Å². The van der Waals surface area contributed by atoms with Crippen molar-refractivity contribution in [3.05, 3.63) is 30.1 Å². The number of pyridine rings is 1. The lowest BCUT2D eigenvalue weighted by molar-refractivity contribution is -0.121. The molecule has 4 nitrogen and oxygen atoms in total. The summed E-state index contributed by atoms with van der Waals surface area (Å²) < 4.78 is 0. The predicted octanol–water partition coefficient (Wildman–Crippen LogP) is 2.31. The van der Waals surface area contributed by atoms with Crippen LogP contribution in [0.3, 0.4) is 0 Å². The number of Topliss-reactive ketones (excluding diaryl/α,β-unsaturated/α-hetero) is 1. The van der Waals surface area contributed by atoms with Gasteiger partial charge >= 0.3 is 0 Å². The largest absolute Gasteiger partial charge is 0.300 e. The molecule has 0 unspecified atom stereocenters. The van der Waals surface area contributed by atoms with Crippen LogP contribution in [0.5, 0.6) is 0 Å². The molecule has 100 valence electrons. The summed E-state index contributed by atoms with van der Waals surface area (Å²) in [4.78, 5) is 17.8. The van der Waals surface area contributed by atoms with Gasteiger partial charge in [-0.3, -0.25) is 14.7 Å².